The van der Waals surface area contributed by atoms with Gasteiger partial charge in [0.05, 0.1) is 23.4 Å². The second kappa shape index (κ2) is 9.30. The SMILES string of the molecule is Cc1ccc(SC(C)C(=O)Nc2ccc(S(=O)(=O)N3CCOCC3)cc2)cc1C. The van der Waals surface area contributed by atoms with Crippen molar-refractivity contribution in [2.24, 2.45) is 0 Å². The molecule has 0 radical (unpaired) electrons. The summed E-state index contributed by atoms with van der Waals surface area (Å²) in [4.78, 5) is 13.8. The molecule has 0 aliphatic carbocycles. The van der Waals surface area contributed by atoms with Crippen LogP contribution in [0.2, 0.25) is 0 Å². The molecule has 0 spiro atoms. The third-order valence-corrected chi connectivity index (χ3v) is 7.90. The number of rotatable bonds is 6. The van der Waals surface area contributed by atoms with Gasteiger partial charge in [-0.25, -0.2) is 8.42 Å². The van der Waals surface area contributed by atoms with E-state index in [1.54, 1.807) is 12.1 Å². The van der Waals surface area contributed by atoms with Crippen LogP contribution in [0, 0.1) is 13.8 Å². The summed E-state index contributed by atoms with van der Waals surface area (Å²) in [5, 5.41) is 2.57. The molecule has 1 saturated heterocycles. The predicted octanol–water partition coefficient (Wildman–Crippen LogP) is 3.44. The summed E-state index contributed by atoms with van der Waals surface area (Å²) in [6.07, 6.45) is 0. The zero-order valence-electron chi connectivity index (χ0n) is 16.8. The highest BCUT2D eigenvalue weighted by Gasteiger charge is 2.26. The van der Waals surface area contributed by atoms with Crippen LogP contribution in [0.5, 0.6) is 0 Å². The van der Waals surface area contributed by atoms with Gasteiger partial charge in [0.2, 0.25) is 15.9 Å². The molecule has 0 aromatic heterocycles. The molecule has 1 atom stereocenters. The molecule has 1 heterocycles. The van der Waals surface area contributed by atoms with Crippen LogP contribution >= 0.6 is 11.8 Å². The van der Waals surface area contributed by atoms with Crippen LogP contribution in [0.25, 0.3) is 0 Å². The summed E-state index contributed by atoms with van der Waals surface area (Å²) in [6.45, 7) is 7.49. The number of nitrogens with one attached hydrogen (secondary N) is 1. The Morgan fingerprint density at radius 1 is 1.07 bits per heavy atom. The first kappa shape index (κ1) is 21.8. The lowest BCUT2D eigenvalue weighted by Gasteiger charge is -2.26. The van der Waals surface area contributed by atoms with Crippen molar-refractivity contribution < 1.29 is 17.9 Å². The van der Waals surface area contributed by atoms with Crippen LogP contribution in [0.15, 0.2) is 52.3 Å². The molecule has 1 N–H and O–H groups in total. The summed E-state index contributed by atoms with van der Waals surface area (Å²) in [5.41, 5.74) is 2.99. The van der Waals surface area contributed by atoms with Crippen molar-refractivity contribution >= 4 is 33.4 Å². The van der Waals surface area contributed by atoms with Crippen LogP contribution in [-0.4, -0.2) is 50.2 Å². The van der Waals surface area contributed by atoms with Gasteiger partial charge in [0.25, 0.3) is 0 Å². The van der Waals surface area contributed by atoms with Gasteiger partial charge in [-0.1, -0.05) is 6.07 Å². The molecule has 156 valence electrons. The molecule has 29 heavy (non-hydrogen) atoms. The molecule has 1 amide bonds. The number of hydrogen-bond acceptors (Lipinski definition) is 5. The number of anilines is 1. The van der Waals surface area contributed by atoms with E-state index in [4.69, 9.17) is 4.74 Å². The maximum absolute atomic E-state index is 12.7. The molecule has 3 rings (SSSR count). The number of carbonyl (C=O) groups is 1. The standard InChI is InChI=1S/C21H26N2O4S2/c1-15-4-7-19(14-16(15)2)28-17(3)21(24)22-18-5-8-20(9-6-18)29(25,26)23-10-12-27-13-11-23/h4-9,14,17H,10-13H2,1-3H3,(H,22,24). The van der Waals surface area contributed by atoms with Gasteiger partial charge in [0, 0.05) is 23.7 Å². The van der Waals surface area contributed by atoms with Crippen molar-refractivity contribution in [1.82, 2.24) is 4.31 Å². The molecule has 2 aromatic rings. The lowest BCUT2D eigenvalue weighted by molar-refractivity contribution is -0.115. The summed E-state index contributed by atoms with van der Waals surface area (Å²) in [5.74, 6) is -0.128. The first-order valence-electron chi connectivity index (χ1n) is 9.50. The number of aryl methyl sites for hydroxylation is 2. The van der Waals surface area contributed by atoms with Gasteiger partial charge in [-0.05, 0) is 68.3 Å². The van der Waals surface area contributed by atoms with E-state index in [0.717, 1.165) is 4.90 Å². The molecule has 1 fully saturated rings. The van der Waals surface area contributed by atoms with Crippen molar-refractivity contribution in [2.45, 2.75) is 35.8 Å². The Labute approximate surface area is 176 Å². The molecule has 1 aliphatic heterocycles. The summed E-state index contributed by atoms with van der Waals surface area (Å²) in [6, 6.07) is 12.5. The molecule has 0 saturated carbocycles. The normalized spacial score (nSPS) is 16.4. The van der Waals surface area contributed by atoms with E-state index in [1.807, 2.05) is 13.0 Å². The van der Waals surface area contributed by atoms with E-state index in [0.29, 0.717) is 32.0 Å². The van der Waals surface area contributed by atoms with Crippen LogP contribution in [0.4, 0.5) is 5.69 Å². The minimum Gasteiger partial charge on any atom is -0.379 e. The number of sulfonamides is 1. The van der Waals surface area contributed by atoms with Gasteiger partial charge in [-0.2, -0.15) is 4.31 Å². The smallest absolute Gasteiger partial charge is 0.243 e. The highest BCUT2D eigenvalue weighted by atomic mass is 32.2. The zero-order valence-corrected chi connectivity index (χ0v) is 18.5. The molecular weight excluding hydrogens is 408 g/mol. The number of hydrogen-bond donors (Lipinski definition) is 1. The molecule has 1 unspecified atom stereocenters. The van der Waals surface area contributed by atoms with Crippen LogP contribution in [0.1, 0.15) is 18.1 Å². The molecular formula is C21H26N2O4S2. The Balaban J connectivity index is 1.62. The number of ether oxygens (including phenoxy) is 1. The molecule has 8 heteroatoms. The average molecular weight is 435 g/mol. The first-order chi connectivity index (χ1) is 13.8. The predicted molar refractivity (Wildman–Crippen MR) is 116 cm³/mol. The minimum absolute atomic E-state index is 0.128. The van der Waals surface area contributed by atoms with Gasteiger partial charge in [-0.3, -0.25) is 4.79 Å². The van der Waals surface area contributed by atoms with E-state index >= 15 is 0 Å². The number of morpholine rings is 1. The molecule has 0 bridgehead atoms. The second-order valence-corrected chi connectivity index (χ2v) is 10.4. The third-order valence-electron chi connectivity index (χ3n) is 4.89. The highest BCUT2D eigenvalue weighted by molar-refractivity contribution is 8.00. The average Bonchev–Trinajstić information content (AvgIpc) is 2.72. The number of thioether (sulfide) groups is 1. The minimum atomic E-state index is -3.54. The second-order valence-electron chi connectivity index (χ2n) is 7.04. The Morgan fingerprint density at radius 3 is 2.34 bits per heavy atom. The molecule has 6 nitrogen and oxygen atoms in total. The van der Waals surface area contributed by atoms with Crippen molar-refractivity contribution in [3.05, 3.63) is 53.6 Å². The van der Waals surface area contributed by atoms with Crippen molar-refractivity contribution in [2.75, 3.05) is 31.6 Å². The lowest BCUT2D eigenvalue weighted by Crippen LogP contribution is -2.40. The van der Waals surface area contributed by atoms with E-state index in [9.17, 15) is 13.2 Å². The Kier molecular flexibility index (Phi) is 7.00. The largest absolute Gasteiger partial charge is 0.379 e. The topological polar surface area (TPSA) is 75.7 Å². The van der Waals surface area contributed by atoms with Crippen molar-refractivity contribution in [3.63, 3.8) is 0 Å². The number of carbonyl (C=O) groups excluding carboxylic acids is 1. The monoisotopic (exact) mass is 434 g/mol. The third kappa shape index (κ3) is 5.39. The fourth-order valence-electron chi connectivity index (χ4n) is 2.94. The summed E-state index contributed by atoms with van der Waals surface area (Å²) < 4.78 is 32.0. The summed E-state index contributed by atoms with van der Waals surface area (Å²) in [7, 11) is -3.54. The fraction of sp³-hybridized carbons (Fsp3) is 0.381. The Bertz CT molecular complexity index is 969. The van der Waals surface area contributed by atoms with E-state index < -0.39 is 10.0 Å². The van der Waals surface area contributed by atoms with Crippen LogP contribution in [-0.2, 0) is 19.6 Å². The van der Waals surface area contributed by atoms with Gasteiger partial charge < -0.3 is 10.1 Å². The van der Waals surface area contributed by atoms with Gasteiger partial charge in [0.1, 0.15) is 0 Å². The van der Waals surface area contributed by atoms with E-state index in [2.05, 4.69) is 31.3 Å². The van der Waals surface area contributed by atoms with Crippen molar-refractivity contribution in [1.29, 1.82) is 0 Å². The fourth-order valence-corrected chi connectivity index (χ4v) is 5.31. The van der Waals surface area contributed by atoms with Gasteiger partial charge in [-0.15, -0.1) is 11.8 Å². The van der Waals surface area contributed by atoms with E-state index in [1.165, 1.54) is 39.3 Å². The summed E-state index contributed by atoms with van der Waals surface area (Å²) >= 11 is 1.49. The quantitative estimate of drug-likeness (QED) is 0.705. The maximum atomic E-state index is 12.7. The Morgan fingerprint density at radius 2 is 1.72 bits per heavy atom. The Hall–Kier alpha value is -1.87. The number of nitrogens with zero attached hydrogens (tertiary/aromatic N) is 1. The molecule has 2 aromatic carbocycles. The van der Waals surface area contributed by atoms with Gasteiger partial charge in [0.15, 0.2) is 0 Å². The highest BCUT2D eigenvalue weighted by Crippen LogP contribution is 2.26. The number of amides is 1. The molecule has 1 aliphatic rings. The number of benzene rings is 2. The lowest BCUT2D eigenvalue weighted by atomic mass is 10.1. The maximum Gasteiger partial charge on any atom is 0.243 e. The van der Waals surface area contributed by atoms with Gasteiger partial charge >= 0.3 is 0 Å². The first-order valence-corrected chi connectivity index (χ1v) is 11.8. The zero-order chi connectivity index (χ0) is 21.0. The van der Waals surface area contributed by atoms with E-state index in [-0.39, 0.29) is 16.1 Å². The van der Waals surface area contributed by atoms with Crippen LogP contribution in [0.3, 0.4) is 0 Å². The van der Waals surface area contributed by atoms with Crippen molar-refractivity contribution in [3.8, 4) is 0 Å². The van der Waals surface area contributed by atoms with Crippen LogP contribution < -0.4 is 5.32 Å².